The molecule has 3 aliphatic rings. The number of aliphatic hydroxyl groups is 7. The van der Waals surface area contributed by atoms with Crippen LogP contribution in [-0.4, -0.2) is 115 Å². The Kier molecular flexibility index (Phi) is 12.4. The number of aliphatic hydroxyl groups excluding tert-OH is 7. The van der Waals surface area contributed by atoms with E-state index in [9.17, 15) is 40.9 Å². The molecule has 0 bridgehead atoms. The van der Waals surface area contributed by atoms with E-state index in [4.69, 9.17) is 18.9 Å². The number of phenolic OH excluding ortho intramolecular Hbond substituents is 1. The van der Waals surface area contributed by atoms with Crippen molar-refractivity contribution in [2.75, 3.05) is 13.2 Å². The minimum absolute atomic E-state index is 0.0133. The van der Waals surface area contributed by atoms with Crippen LogP contribution in [0.2, 0.25) is 0 Å². The second-order valence-corrected chi connectivity index (χ2v) is 12.6. The quantitative estimate of drug-likeness (QED) is 0.120. The molecule has 2 aliphatic heterocycles. The first-order valence-corrected chi connectivity index (χ1v) is 15.8. The predicted octanol–water partition coefficient (Wildman–Crippen LogP) is 1.14. The number of phenols is 1. The highest BCUT2D eigenvalue weighted by Gasteiger charge is 2.51. The predicted molar refractivity (Wildman–Crippen MR) is 162 cm³/mol. The van der Waals surface area contributed by atoms with Gasteiger partial charge in [-0.2, -0.15) is 0 Å². The third-order valence-corrected chi connectivity index (χ3v) is 9.17. The Morgan fingerprint density at radius 3 is 2.22 bits per heavy atom. The van der Waals surface area contributed by atoms with Gasteiger partial charge >= 0.3 is 0 Å². The summed E-state index contributed by atoms with van der Waals surface area (Å²) < 4.78 is 23.3. The van der Waals surface area contributed by atoms with Gasteiger partial charge < -0.3 is 59.8 Å². The monoisotopic (exact) mass is 638 g/mol. The molecule has 2 saturated heterocycles. The van der Waals surface area contributed by atoms with Gasteiger partial charge in [0.15, 0.2) is 6.29 Å². The molecule has 4 rings (SSSR count). The lowest BCUT2D eigenvalue weighted by molar-refractivity contribution is -0.352. The van der Waals surface area contributed by atoms with Gasteiger partial charge in [-0.15, -0.1) is 0 Å². The summed E-state index contributed by atoms with van der Waals surface area (Å²) in [6.45, 7) is 8.88. The highest BCUT2D eigenvalue weighted by atomic mass is 16.7. The summed E-state index contributed by atoms with van der Waals surface area (Å²) in [6.07, 6.45) is -8.43. The Bertz CT molecular complexity index is 1170. The Hall–Kier alpha value is -2.10. The van der Waals surface area contributed by atoms with E-state index < -0.39 is 74.6 Å². The molecule has 0 saturated carbocycles. The summed E-state index contributed by atoms with van der Waals surface area (Å²) in [5.74, 6) is 0.0169. The van der Waals surface area contributed by atoms with Crippen molar-refractivity contribution in [3.63, 3.8) is 0 Å². The van der Waals surface area contributed by atoms with E-state index in [1.165, 1.54) is 0 Å². The molecule has 2 fully saturated rings. The van der Waals surface area contributed by atoms with Crippen molar-refractivity contribution in [2.24, 2.45) is 5.92 Å². The molecule has 2 heterocycles. The highest BCUT2D eigenvalue weighted by molar-refractivity contribution is 5.52. The fourth-order valence-electron chi connectivity index (χ4n) is 6.50. The van der Waals surface area contributed by atoms with Gasteiger partial charge in [-0.25, -0.2) is 0 Å². The SMILES string of the molecule is C=C(C)[C@@H]1CCC(C)=C[C@H]1c1c(O)cc(CCCCC)cc1O[C@@H]1O[C@H](CO)[C@@H](O)[C@H](O[C@@H]2O[C@H](CO)[C@@H](O)[C@H](O)[C@H]2O)[C@H]1O. The number of benzene rings is 1. The molecule has 1 aliphatic carbocycles. The third-order valence-electron chi connectivity index (χ3n) is 9.17. The van der Waals surface area contributed by atoms with E-state index in [1.807, 2.05) is 13.8 Å². The Labute approximate surface area is 264 Å². The van der Waals surface area contributed by atoms with Crippen molar-refractivity contribution >= 4 is 0 Å². The van der Waals surface area contributed by atoms with Gasteiger partial charge in [0, 0.05) is 11.5 Å². The molecule has 0 radical (unpaired) electrons. The van der Waals surface area contributed by atoms with E-state index >= 15 is 0 Å². The number of hydrogen-bond donors (Lipinski definition) is 8. The zero-order valence-corrected chi connectivity index (χ0v) is 26.2. The topological polar surface area (TPSA) is 199 Å². The molecule has 1 aromatic rings. The van der Waals surface area contributed by atoms with Crippen LogP contribution in [0.5, 0.6) is 11.5 Å². The standard InChI is InChI=1S/C33H50O12/c1-5-6-7-8-18-12-21(36)25(20-11-17(4)9-10-19(20)16(2)3)22(13-18)42-33-30(41)31(27(38)24(15-35)44-33)45-32-29(40)28(39)26(37)23(14-34)43-32/h11-13,19-20,23-24,26-41H,2,5-10,14-15H2,1,3-4H3/t19-,20+,23+,24+,26+,27+,28-,29+,30+,31-,32-,33+/m0/s1. The Balaban J connectivity index is 1.69. The van der Waals surface area contributed by atoms with Gasteiger partial charge in [0.25, 0.3) is 0 Å². The maximum Gasteiger partial charge on any atom is 0.229 e. The largest absolute Gasteiger partial charge is 0.507 e. The molecule has 45 heavy (non-hydrogen) atoms. The summed E-state index contributed by atoms with van der Waals surface area (Å²) in [7, 11) is 0. The Morgan fingerprint density at radius 1 is 0.911 bits per heavy atom. The minimum Gasteiger partial charge on any atom is -0.507 e. The van der Waals surface area contributed by atoms with Crippen LogP contribution in [0.25, 0.3) is 0 Å². The van der Waals surface area contributed by atoms with E-state index in [2.05, 4.69) is 19.6 Å². The zero-order valence-electron chi connectivity index (χ0n) is 26.2. The van der Waals surface area contributed by atoms with Crippen molar-refractivity contribution < 1.29 is 59.8 Å². The number of hydrogen-bond acceptors (Lipinski definition) is 12. The molecular weight excluding hydrogens is 588 g/mol. The number of allylic oxidation sites excluding steroid dienone is 3. The van der Waals surface area contributed by atoms with Crippen molar-refractivity contribution in [2.45, 2.75) is 127 Å². The number of unbranched alkanes of at least 4 members (excludes halogenated alkanes) is 2. The van der Waals surface area contributed by atoms with Crippen LogP contribution in [0.15, 0.2) is 35.9 Å². The maximum atomic E-state index is 11.4. The van der Waals surface area contributed by atoms with Crippen LogP contribution < -0.4 is 4.74 Å². The molecule has 1 aromatic carbocycles. The summed E-state index contributed by atoms with van der Waals surface area (Å²) in [5, 5.41) is 84.3. The smallest absolute Gasteiger partial charge is 0.229 e. The molecule has 12 atom stereocenters. The van der Waals surface area contributed by atoms with E-state index in [0.29, 0.717) is 12.0 Å². The first-order chi connectivity index (χ1) is 21.4. The van der Waals surface area contributed by atoms with Gasteiger partial charge in [0.2, 0.25) is 6.29 Å². The second-order valence-electron chi connectivity index (χ2n) is 12.6. The van der Waals surface area contributed by atoms with Crippen LogP contribution in [0.3, 0.4) is 0 Å². The molecule has 0 amide bonds. The van der Waals surface area contributed by atoms with Crippen LogP contribution in [0, 0.1) is 5.92 Å². The van der Waals surface area contributed by atoms with E-state index in [0.717, 1.165) is 48.8 Å². The fraction of sp³-hybridized carbons (Fsp3) is 0.697. The first-order valence-electron chi connectivity index (χ1n) is 15.8. The van der Waals surface area contributed by atoms with Gasteiger partial charge in [0.1, 0.15) is 60.3 Å². The summed E-state index contributed by atoms with van der Waals surface area (Å²) in [6, 6.07) is 3.54. The van der Waals surface area contributed by atoms with Crippen LogP contribution in [0.1, 0.15) is 69.9 Å². The van der Waals surface area contributed by atoms with Crippen LogP contribution in [0.4, 0.5) is 0 Å². The first kappa shape index (κ1) is 35.7. The highest BCUT2D eigenvalue weighted by Crippen LogP contribution is 2.47. The van der Waals surface area contributed by atoms with E-state index in [-0.39, 0.29) is 23.3 Å². The Morgan fingerprint density at radius 2 is 1.58 bits per heavy atom. The third kappa shape index (κ3) is 7.90. The lowest BCUT2D eigenvalue weighted by Gasteiger charge is -2.46. The van der Waals surface area contributed by atoms with Crippen molar-refractivity contribution in [3.8, 4) is 11.5 Å². The number of aryl methyl sites for hydroxylation is 1. The number of rotatable bonds is 12. The average molecular weight is 639 g/mol. The van der Waals surface area contributed by atoms with Gasteiger partial charge in [-0.05, 0) is 63.1 Å². The van der Waals surface area contributed by atoms with E-state index in [1.54, 1.807) is 12.1 Å². The number of aromatic hydroxyl groups is 1. The maximum absolute atomic E-state index is 11.4. The fourth-order valence-corrected chi connectivity index (χ4v) is 6.50. The molecule has 8 N–H and O–H groups in total. The lowest BCUT2D eigenvalue weighted by Crippen LogP contribution is -2.65. The van der Waals surface area contributed by atoms with Crippen molar-refractivity contribution in [1.29, 1.82) is 0 Å². The van der Waals surface area contributed by atoms with Crippen LogP contribution >= 0.6 is 0 Å². The van der Waals surface area contributed by atoms with Gasteiger partial charge in [-0.1, -0.05) is 43.6 Å². The average Bonchev–Trinajstić information content (AvgIpc) is 3.00. The normalized spacial score (nSPS) is 37.2. The molecular formula is C33H50O12. The molecule has 0 unspecified atom stereocenters. The minimum atomic E-state index is -1.79. The summed E-state index contributed by atoms with van der Waals surface area (Å²) >= 11 is 0. The number of ether oxygens (including phenoxy) is 4. The lowest BCUT2D eigenvalue weighted by atomic mass is 9.73. The van der Waals surface area contributed by atoms with Gasteiger partial charge in [-0.3, -0.25) is 0 Å². The molecule has 0 spiro atoms. The van der Waals surface area contributed by atoms with Crippen molar-refractivity contribution in [3.05, 3.63) is 47.1 Å². The molecule has 12 heteroatoms. The molecule has 254 valence electrons. The van der Waals surface area contributed by atoms with Gasteiger partial charge in [0.05, 0.1) is 13.2 Å². The second kappa shape index (κ2) is 15.7. The zero-order chi connectivity index (χ0) is 33.0. The molecule has 12 nitrogen and oxygen atoms in total. The molecule has 0 aromatic heterocycles. The van der Waals surface area contributed by atoms with Crippen molar-refractivity contribution in [1.82, 2.24) is 0 Å². The summed E-state index contributed by atoms with van der Waals surface area (Å²) in [5.41, 5.74) is 3.42. The summed E-state index contributed by atoms with van der Waals surface area (Å²) in [4.78, 5) is 0. The van der Waals surface area contributed by atoms with Crippen LogP contribution in [-0.2, 0) is 20.6 Å².